The molecule has 0 aliphatic carbocycles. The molecule has 0 aromatic rings. The first-order valence-corrected chi connectivity index (χ1v) is 3.88. The fourth-order valence-corrected chi connectivity index (χ4v) is 1.47. The fourth-order valence-electron chi connectivity index (χ4n) is 1.47. The highest BCUT2D eigenvalue weighted by Gasteiger charge is 2.19. The van der Waals surface area contributed by atoms with Crippen LogP contribution < -0.4 is 0 Å². The summed E-state index contributed by atoms with van der Waals surface area (Å²) in [4.78, 5) is 2.42. The molecular weight excluding hydrogens is 110 g/mol. The van der Waals surface area contributed by atoms with Gasteiger partial charge in [0.15, 0.2) is 0 Å². The van der Waals surface area contributed by atoms with Crippen LogP contribution in [0, 0.1) is 11.8 Å². The van der Waals surface area contributed by atoms with Crippen molar-refractivity contribution in [2.75, 3.05) is 20.1 Å². The molecule has 54 valence electrons. The summed E-state index contributed by atoms with van der Waals surface area (Å²) in [5.41, 5.74) is 0. The first kappa shape index (κ1) is 7.07. The van der Waals surface area contributed by atoms with Gasteiger partial charge in [-0.25, -0.2) is 0 Å². The number of hydrogen-bond acceptors (Lipinski definition) is 1. The second kappa shape index (κ2) is 2.70. The van der Waals surface area contributed by atoms with Crippen molar-refractivity contribution in [3.8, 4) is 0 Å². The molecule has 0 aromatic carbocycles. The molecule has 0 saturated carbocycles. The summed E-state index contributed by atoms with van der Waals surface area (Å²) in [6, 6.07) is 0. The van der Waals surface area contributed by atoms with E-state index >= 15 is 0 Å². The Labute approximate surface area is 58.0 Å². The second-order valence-corrected chi connectivity index (χ2v) is 3.51. The highest BCUT2D eigenvalue weighted by Crippen LogP contribution is 2.20. The Balaban J connectivity index is 2.35. The van der Waals surface area contributed by atoms with Crippen LogP contribution in [0.25, 0.3) is 0 Å². The molecular formula is C8H17N. The summed E-state index contributed by atoms with van der Waals surface area (Å²) < 4.78 is 0. The van der Waals surface area contributed by atoms with Crippen LogP contribution in [0.1, 0.15) is 20.3 Å². The predicted molar refractivity (Wildman–Crippen MR) is 40.4 cm³/mol. The van der Waals surface area contributed by atoms with Crippen molar-refractivity contribution >= 4 is 0 Å². The van der Waals surface area contributed by atoms with Gasteiger partial charge in [-0.15, -0.1) is 0 Å². The Morgan fingerprint density at radius 1 is 1.22 bits per heavy atom. The van der Waals surface area contributed by atoms with Crippen LogP contribution in [0.4, 0.5) is 0 Å². The standard InChI is InChI=1S/C8H17N/c1-7-4-5-9(3)6-8(7)2/h7-8H,4-6H2,1-3H3/t7?,8-/m1/s1. The monoisotopic (exact) mass is 127 g/mol. The van der Waals surface area contributed by atoms with Crippen LogP contribution >= 0.6 is 0 Å². The molecule has 0 amide bonds. The van der Waals surface area contributed by atoms with E-state index in [0.717, 1.165) is 11.8 Å². The second-order valence-electron chi connectivity index (χ2n) is 3.51. The third-order valence-electron chi connectivity index (χ3n) is 2.54. The lowest BCUT2D eigenvalue weighted by Crippen LogP contribution is -2.35. The molecule has 1 aliphatic heterocycles. The Morgan fingerprint density at radius 3 is 2.33 bits per heavy atom. The van der Waals surface area contributed by atoms with Gasteiger partial charge < -0.3 is 4.90 Å². The summed E-state index contributed by atoms with van der Waals surface area (Å²) in [6.45, 7) is 7.30. The molecule has 1 fully saturated rings. The highest BCUT2D eigenvalue weighted by molar-refractivity contribution is 4.72. The molecule has 1 nitrogen and oxygen atoms in total. The van der Waals surface area contributed by atoms with Crippen LogP contribution in [0.15, 0.2) is 0 Å². The minimum atomic E-state index is 0.906. The van der Waals surface area contributed by atoms with Crippen LogP contribution in [0.2, 0.25) is 0 Å². The summed E-state index contributed by atoms with van der Waals surface area (Å²) in [5, 5.41) is 0. The summed E-state index contributed by atoms with van der Waals surface area (Å²) in [7, 11) is 2.21. The van der Waals surface area contributed by atoms with Crippen molar-refractivity contribution in [1.29, 1.82) is 0 Å². The molecule has 1 heteroatoms. The zero-order valence-corrected chi connectivity index (χ0v) is 6.72. The van der Waals surface area contributed by atoms with Crippen LogP contribution in [0.5, 0.6) is 0 Å². The lowest BCUT2D eigenvalue weighted by Gasteiger charge is -2.32. The molecule has 1 aliphatic rings. The summed E-state index contributed by atoms with van der Waals surface area (Å²) in [5.74, 6) is 1.85. The maximum absolute atomic E-state index is 2.42. The largest absolute Gasteiger partial charge is 0.306 e. The van der Waals surface area contributed by atoms with E-state index in [1.54, 1.807) is 0 Å². The Hall–Kier alpha value is -0.0400. The lowest BCUT2D eigenvalue weighted by molar-refractivity contribution is 0.166. The Bertz CT molecular complexity index is 90.6. The van der Waals surface area contributed by atoms with E-state index in [0.29, 0.717) is 0 Å². The number of likely N-dealkylation sites (tertiary alicyclic amines) is 1. The van der Waals surface area contributed by atoms with E-state index in [4.69, 9.17) is 0 Å². The van der Waals surface area contributed by atoms with E-state index in [1.165, 1.54) is 19.5 Å². The molecule has 0 aromatic heterocycles. The van der Waals surface area contributed by atoms with Gasteiger partial charge in [0.2, 0.25) is 0 Å². The average molecular weight is 127 g/mol. The van der Waals surface area contributed by atoms with Gasteiger partial charge in [-0.3, -0.25) is 0 Å². The minimum Gasteiger partial charge on any atom is -0.306 e. The van der Waals surface area contributed by atoms with E-state index in [-0.39, 0.29) is 0 Å². The predicted octanol–water partition coefficient (Wildman–Crippen LogP) is 1.59. The third-order valence-corrected chi connectivity index (χ3v) is 2.54. The molecule has 1 heterocycles. The van der Waals surface area contributed by atoms with Gasteiger partial charge in [-0.2, -0.15) is 0 Å². The van der Waals surface area contributed by atoms with E-state index in [1.807, 2.05) is 0 Å². The van der Waals surface area contributed by atoms with Crippen molar-refractivity contribution in [3.63, 3.8) is 0 Å². The van der Waals surface area contributed by atoms with E-state index in [9.17, 15) is 0 Å². The number of hydrogen-bond donors (Lipinski definition) is 0. The number of nitrogens with zero attached hydrogens (tertiary/aromatic N) is 1. The highest BCUT2D eigenvalue weighted by atomic mass is 15.1. The van der Waals surface area contributed by atoms with Crippen molar-refractivity contribution in [2.45, 2.75) is 20.3 Å². The molecule has 0 N–H and O–H groups in total. The van der Waals surface area contributed by atoms with Crippen molar-refractivity contribution in [3.05, 3.63) is 0 Å². The molecule has 9 heavy (non-hydrogen) atoms. The van der Waals surface area contributed by atoms with Gasteiger partial charge in [0.1, 0.15) is 0 Å². The average Bonchev–Trinajstić information content (AvgIpc) is 1.80. The lowest BCUT2D eigenvalue weighted by atomic mass is 9.89. The number of piperidine rings is 1. The quantitative estimate of drug-likeness (QED) is 0.477. The van der Waals surface area contributed by atoms with Crippen molar-refractivity contribution in [2.24, 2.45) is 11.8 Å². The normalized spacial score (nSPS) is 39.0. The zero-order valence-electron chi connectivity index (χ0n) is 6.72. The third kappa shape index (κ3) is 1.68. The minimum absolute atomic E-state index is 0.906. The first-order valence-electron chi connectivity index (χ1n) is 3.88. The van der Waals surface area contributed by atoms with Gasteiger partial charge in [0.05, 0.1) is 0 Å². The Morgan fingerprint density at radius 2 is 1.89 bits per heavy atom. The molecule has 1 saturated heterocycles. The van der Waals surface area contributed by atoms with Crippen LogP contribution in [-0.2, 0) is 0 Å². The summed E-state index contributed by atoms with van der Waals surface area (Å²) in [6.07, 6.45) is 1.39. The van der Waals surface area contributed by atoms with Gasteiger partial charge in [0, 0.05) is 6.54 Å². The van der Waals surface area contributed by atoms with Gasteiger partial charge in [-0.05, 0) is 31.8 Å². The molecule has 1 rings (SSSR count). The fraction of sp³-hybridized carbons (Fsp3) is 1.00. The Kier molecular flexibility index (Phi) is 2.12. The topological polar surface area (TPSA) is 3.24 Å². The maximum Gasteiger partial charge on any atom is 0.000652 e. The molecule has 0 bridgehead atoms. The molecule has 0 radical (unpaired) electrons. The van der Waals surface area contributed by atoms with Crippen molar-refractivity contribution < 1.29 is 0 Å². The van der Waals surface area contributed by atoms with Crippen molar-refractivity contribution in [1.82, 2.24) is 4.90 Å². The SMILES string of the molecule is CC1CCN(C)C[C@H]1C. The number of rotatable bonds is 0. The van der Waals surface area contributed by atoms with E-state index < -0.39 is 0 Å². The summed E-state index contributed by atoms with van der Waals surface area (Å²) >= 11 is 0. The smallest absolute Gasteiger partial charge is 0.000652 e. The molecule has 1 unspecified atom stereocenters. The maximum atomic E-state index is 2.42. The van der Waals surface area contributed by atoms with Gasteiger partial charge >= 0.3 is 0 Å². The zero-order chi connectivity index (χ0) is 6.85. The first-order chi connectivity index (χ1) is 4.20. The van der Waals surface area contributed by atoms with Crippen LogP contribution in [0.3, 0.4) is 0 Å². The molecule has 2 atom stereocenters. The molecule has 0 spiro atoms. The van der Waals surface area contributed by atoms with E-state index in [2.05, 4.69) is 25.8 Å². The van der Waals surface area contributed by atoms with Gasteiger partial charge in [-0.1, -0.05) is 13.8 Å². The van der Waals surface area contributed by atoms with Gasteiger partial charge in [0.25, 0.3) is 0 Å². The van der Waals surface area contributed by atoms with Crippen LogP contribution in [-0.4, -0.2) is 25.0 Å².